The average molecular weight is 305 g/mol. The fourth-order valence-corrected chi connectivity index (χ4v) is 2.10. The van der Waals surface area contributed by atoms with E-state index in [1.807, 2.05) is 0 Å². The normalized spacial score (nSPS) is 10.8. The van der Waals surface area contributed by atoms with Gasteiger partial charge in [0, 0.05) is 11.4 Å². The Morgan fingerprint density at radius 1 is 1.19 bits per heavy atom. The molecule has 4 nitrogen and oxygen atoms in total. The molecule has 0 bridgehead atoms. The van der Waals surface area contributed by atoms with E-state index in [-0.39, 0.29) is 23.9 Å². The number of hydrogen-bond donors (Lipinski definition) is 1. The van der Waals surface area contributed by atoms with Crippen LogP contribution in [0.5, 0.6) is 5.75 Å². The van der Waals surface area contributed by atoms with Crippen LogP contribution in [0, 0.1) is 5.82 Å². The highest BCUT2D eigenvalue weighted by atomic mass is 35.5. The van der Waals surface area contributed by atoms with Gasteiger partial charge in [0.1, 0.15) is 11.6 Å². The molecule has 106 valence electrons. The Balaban J connectivity index is 1.88. The van der Waals surface area contributed by atoms with Crippen molar-refractivity contribution in [1.29, 1.82) is 0 Å². The molecule has 0 unspecified atom stereocenters. The molecule has 1 N–H and O–H groups in total. The zero-order valence-electron chi connectivity index (χ0n) is 10.8. The molecule has 0 aliphatic carbocycles. The lowest BCUT2D eigenvalue weighted by Gasteiger charge is -1.99. The van der Waals surface area contributed by atoms with Gasteiger partial charge in [-0.3, -0.25) is 0 Å². The van der Waals surface area contributed by atoms with Crippen molar-refractivity contribution in [3.63, 3.8) is 0 Å². The molecule has 6 heteroatoms. The summed E-state index contributed by atoms with van der Waals surface area (Å²) in [6.45, 7) is 0. The maximum Gasteiger partial charge on any atom is 0.261 e. The molecule has 3 aromatic rings. The van der Waals surface area contributed by atoms with Crippen molar-refractivity contribution in [2.75, 3.05) is 0 Å². The Hall–Kier alpha value is -2.40. The van der Waals surface area contributed by atoms with Gasteiger partial charge in [-0.2, -0.15) is 4.98 Å². The minimum Gasteiger partial charge on any atom is -0.507 e. The van der Waals surface area contributed by atoms with Crippen LogP contribution in [-0.4, -0.2) is 15.2 Å². The number of aromatic nitrogens is 2. The van der Waals surface area contributed by atoms with Crippen molar-refractivity contribution in [3.8, 4) is 17.2 Å². The minimum absolute atomic E-state index is 0.0522. The molecule has 1 heterocycles. The SMILES string of the molecule is Oc1cc(Cl)ccc1-c1nc(Cc2ccccc2F)no1. The third-order valence-electron chi connectivity index (χ3n) is 2.96. The maximum absolute atomic E-state index is 13.6. The highest BCUT2D eigenvalue weighted by molar-refractivity contribution is 6.30. The van der Waals surface area contributed by atoms with Gasteiger partial charge in [0.2, 0.25) is 0 Å². The molecule has 0 fully saturated rings. The zero-order valence-corrected chi connectivity index (χ0v) is 11.5. The molecule has 3 rings (SSSR count). The number of aromatic hydroxyl groups is 1. The lowest BCUT2D eigenvalue weighted by Crippen LogP contribution is -1.94. The van der Waals surface area contributed by atoms with Gasteiger partial charge in [-0.15, -0.1) is 0 Å². The summed E-state index contributed by atoms with van der Waals surface area (Å²) in [6, 6.07) is 11.0. The fourth-order valence-electron chi connectivity index (χ4n) is 1.93. The van der Waals surface area contributed by atoms with Crippen molar-refractivity contribution in [2.45, 2.75) is 6.42 Å². The smallest absolute Gasteiger partial charge is 0.261 e. The first-order chi connectivity index (χ1) is 10.1. The predicted octanol–water partition coefficient (Wildman–Crippen LogP) is 3.83. The van der Waals surface area contributed by atoms with Crippen molar-refractivity contribution < 1.29 is 14.0 Å². The summed E-state index contributed by atoms with van der Waals surface area (Å²) in [6.07, 6.45) is 0.213. The Morgan fingerprint density at radius 3 is 2.76 bits per heavy atom. The summed E-state index contributed by atoms with van der Waals surface area (Å²) < 4.78 is 18.7. The van der Waals surface area contributed by atoms with Gasteiger partial charge in [-0.05, 0) is 29.8 Å². The van der Waals surface area contributed by atoms with E-state index in [9.17, 15) is 9.50 Å². The van der Waals surface area contributed by atoms with E-state index in [0.29, 0.717) is 22.0 Å². The minimum atomic E-state index is -0.321. The first-order valence-corrected chi connectivity index (χ1v) is 6.56. The lowest BCUT2D eigenvalue weighted by molar-refractivity contribution is 0.418. The number of phenols is 1. The number of hydrogen-bond acceptors (Lipinski definition) is 4. The Labute approximate surface area is 124 Å². The first kappa shape index (κ1) is 13.6. The molecule has 0 spiro atoms. The van der Waals surface area contributed by atoms with Gasteiger partial charge in [0.15, 0.2) is 5.82 Å². The quantitative estimate of drug-likeness (QED) is 0.799. The summed E-state index contributed by atoms with van der Waals surface area (Å²) in [5, 5.41) is 14.0. The molecule has 0 saturated heterocycles. The molecule has 0 atom stereocenters. The summed E-state index contributed by atoms with van der Waals surface area (Å²) in [7, 11) is 0. The van der Waals surface area contributed by atoms with Gasteiger partial charge < -0.3 is 9.63 Å². The van der Waals surface area contributed by atoms with Crippen LogP contribution in [0.3, 0.4) is 0 Å². The van der Waals surface area contributed by atoms with Gasteiger partial charge in [-0.1, -0.05) is 35.0 Å². The van der Waals surface area contributed by atoms with Crippen LogP contribution in [0.15, 0.2) is 47.0 Å². The molecular weight excluding hydrogens is 295 g/mol. The third kappa shape index (κ3) is 2.87. The average Bonchev–Trinajstić information content (AvgIpc) is 2.90. The standard InChI is InChI=1S/C15H10ClFN2O2/c16-10-5-6-11(13(20)8-10)15-18-14(19-21-15)7-9-3-1-2-4-12(9)17/h1-6,8,20H,7H2. The van der Waals surface area contributed by atoms with Crippen LogP contribution in [0.2, 0.25) is 5.02 Å². The largest absolute Gasteiger partial charge is 0.507 e. The van der Waals surface area contributed by atoms with E-state index >= 15 is 0 Å². The van der Waals surface area contributed by atoms with Gasteiger partial charge >= 0.3 is 0 Å². The molecule has 0 radical (unpaired) electrons. The maximum atomic E-state index is 13.6. The molecule has 1 aromatic heterocycles. The van der Waals surface area contributed by atoms with Crippen LogP contribution in [-0.2, 0) is 6.42 Å². The number of nitrogens with zero attached hydrogens (tertiary/aromatic N) is 2. The molecule has 2 aromatic carbocycles. The summed E-state index contributed by atoms with van der Waals surface area (Å²) in [4.78, 5) is 4.16. The van der Waals surface area contributed by atoms with Crippen molar-refractivity contribution in [3.05, 3.63) is 64.7 Å². The van der Waals surface area contributed by atoms with Crippen LogP contribution < -0.4 is 0 Å². The molecule has 0 aliphatic rings. The van der Waals surface area contributed by atoms with Crippen LogP contribution >= 0.6 is 11.6 Å². The second kappa shape index (κ2) is 5.54. The lowest BCUT2D eigenvalue weighted by atomic mass is 10.1. The van der Waals surface area contributed by atoms with E-state index in [1.54, 1.807) is 30.3 Å². The van der Waals surface area contributed by atoms with Crippen molar-refractivity contribution in [1.82, 2.24) is 10.1 Å². The molecular formula is C15H10ClFN2O2. The topological polar surface area (TPSA) is 59.2 Å². The Kier molecular flexibility index (Phi) is 3.58. The number of phenolic OH excluding ortho intramolecular Hbond substituents is 1. The summed E-state index contributed by atoms with van der Waals surface area (Å²) in [5.41, 5.74) is 0.858. The molecule has 21 heavy (non-hydrogen) atoms. The second-order valence-electron chi connectivity index (χ2n) is 4.45. The highest BCUT2D eigenvalue weighted by Crippen LogP contribution is 2.30. The van der Waals surface area contributed by atoms with E-state index in [4.69, 9.17) is 16.1 Å². The van der Waals surface area contributed by atoms with Crippen LogP contribution in [0.1, 0.15) is 11.4 Å². The van der Waals surface area contributed by atoms with Gasteiger partial charge in [0.25, 0.3) is 5.89 Å². The summed E-state index contributed by atoms with van der Waals surface area (Å²) in [5.74, 6) is 0.127. The van der Waals surface area contributed by atoms with E-state index < -0.39 is 0 Å². The number of rotatable bonds is 3. The third-order valence-corrected chi connectivity index (χ3v) is 3.20. The van der Waals surface area contributed by atoms with E-state index in [0.717, 1.165) is 0 Å². The van der Waals surface area contributed by atoms with Crippen molar-refractivity contribution in [2.24, 2.45) is 0 Å². The number of benzene rings is 2. The predicted molar refractivity (Wildman–Crippen MR) is 75.6 cm³/mol. The first-order valence-electron chi connectivity index (χ1n) is 6.18. The monoisotopic (exact) mass is 304 g/mol. The molecule has 0 amide bonds. The Bertz CT molecular complexity index is 789. The molecule has 0 aliphatic heterocycles. The van der Waals surface area contributed by atoms with Crippen LogP contribution in [0.4, 0.5) is 4.39 Å². The second-order valence-corrected chi connectivity index (χ2v) is 4.88. The Morgan fingerprint density at radius 2 is 2.00 bits per heavy atom. The van der Waals surface area contributed by atoms with Crippen molar-refractivity contribution >= 4 is 11.6 Å². The van der Waals surface area contributed by atoms with Crippen LogP contribution in [0.25, 0.3) is 11.5 Å². The van der Waals surface area contributed by atoms with E-state index in [2.05, 4.69) is 10.1 Å². The van der Waals surface area contributed by atoms with Gasteiger partial charge in [-0.25, -0.2) is 4.39 Å². The summed E-state index contributed by atoms with van der Waals surface area (Å²) >= 11 is 5.77. The molecule has 0 saturated carbocycles. The fraction of sp³-hybridized carbons (Fsp3) is 0.0667. The number of halogens is 2. The van der Waals surface area contributed by atoms with Gasteiger partial charge in [0.05, 0.1) is 5.56 Å². The van der Waals surface area contributed by atoms with E-state index in [1.165, 1.54) is 12.1 Å². The highest BCUT2D eigenvalue weighted by Gasteiger charge is 2.14. The zero-order chi connectivity index (χ0) is 14.8.